The fourth-order valence-corrected chi connectivity index (χ4v) is 7.07. The van der Waals surface area contributed by atoms with E-state index in [1.807, 2.05) is 6.92 Å². The number of hydrogen-bond donors (Lipinski definition) is 1. The van der Waals surface area contributed by atoms with Crippen LogP contribution in [0.3, 0.4) is 0 Å². The molecule has 6 heteroatoms. The molecule has 0 bridgehead atoms. The first-order chi connectivity index (χ1) is 24.9. The highest BCUT2D eigenvalue weighted by atomic mass is 16.5. The SMILES string of the molecule is CCCCCCCCCOC(=O)CCCCCCCN(CCCCCCCC(=O)OC(CCCCCCCC)CCCCCCCC)C[C@@H](C)O. The minimum Gasteiger partial charge on any atom is -0.466 e. The largest absolute Gasteiger partial charge is 0.466 e. The van der Waals surface area contributed by atoms with Crippen LogP contribution in [0.15, 0.2) is 0 Å². The van der Waals surface area contributed by atoms with Crippen LogP contribution in [0.1, 0.15) is 240 Å². The monoisotopic (exact) mass is 724 g/mol. The van der Waals surface area contributed by atoms with Crippen LogP contribution in [0.4, 0.5) is 0 Å². The quantitative estimate of drug-likeness (QED) is 0.0500. The number of rotatable bonds is 41. The van der Waals surface area contributed by atoms with E-state index in [-0.39, 0.29) is 24.1 Å². The second-order valence-electron chi connectivity index (χ2n) is 15.8. The van der Waals surface area contributed by atoms with Crippen LogP contribution in [0.25, 0.3) is 0 Å². The van der Waals surface area contributed by atoms with Crippen molar-refractivity contribution in [2.45, 2.75) is 252 Å². The lowest BCUT2D eigenvalue weighted by Crippen LogP contribution is -2.32. The van der Waals surface area contributed by atoms with E-state index >= 15 is 0 Å². The highest BCUT2D eigenvalue weighted by Gasteiger charge is 2.14. The molecule has 0 fully saturated rings. The van der Waals surface area contributed by atoms with E-state index in [0.29, 0.717) is 19.4 Å². The third kappa shape index (κ3) is 38.4. The van der Waals surface area contributed by atoms with Gasteiger partial charge in [-0.1, -0.05) is 162 Å². The van der Waals surface area contributed by atoms with Gasteiger partial charge in [0.1, 0.15) is 6.10 Å². The van der Waals surface area contributed by atoms with Gasteiger partial charge in [-0.3, -0.25) is 9.59 Å². The molecule has 0 unspecified atom stereocenters. The van der Waals surface area contributed by atoms with Gasteiger partial charge in [0.25, 0.3) is 0 Å². The molecular formula is C45H89NO5. The van der Waals surface area contributed by atoms with E-state index in [4.69, 9.17) is 9.47 Å². The molecule has 0 saturated carbocycles. The van der Waals surface area contributed by atoms with E-state index in [0.717, 1.165) is 96.7 Å². The standard InChI is InChI=1S/C45H89NO5/c1-5-8-11-14-17-26-33-40-50-44(48)36-29-22-18-24-31-38-46(41-42(4)47)39-32-25-19-23-30-37-45(49)51-43(34-27-20-15-12-9-6-2)35-28-21-16-13-10-7-3/h42-43,47H,5-41H2,1-4H3/t42-/m1/s1. The van der Waals surface area contributed by atoms with E-state index in [9.17, 15) is 14.7 Å². The Hall–Kier alpha value is -1.14. The van der Waals surface area contributed by atoms with Gasteiger partial charge in [-0.2, -0.15) is 0 Å². The molecule has 1 N–H and O–H groups in total. The van der Waals surface area contributed by atoms with Crippen LogP contribution in [-0.4, -0.2) is 60.4 Å². The smallest absolute Gasteiger partial charge is 0.306 e. The normalized spacial score (nSPS) is 12.2. The first-order valence-corrected chi connectivity index (χ1v) is 22.7. The van der Waals surface area contributed by atoms with E-state index < -0.39 is 0 Å². The number of nitrogens with zero attached hydrogens (tertiary/aromatic N) is 1. The highest BCUT2D eigenvalue weighted by Crippen LogP contribution is 2.18. The number of carbonyl (C=O) groups is 2. The summed E-state index contributed by atoms with van der Waals surface area (Å²) in [5.74, 6) is -0.0194. The molecule has 0 aliphatic carbocycles. The maximum Gasteiger partial charge on any atom is 0.306 e. The molecule has 0 saturated heterocycles. The van der Waals surface area contributed by atoms with Crippen molar-refractivity contribution in [3.05, 3.63) is 0 Å². The lowest BCUT2D eigenvalue weighted by Gasteiger charge is -2.23. The molecule has 0 rings (SSSR count). The molecule has 6 nitrogen and oxygen atoms in total. The van der Waals surface area contributed by atoms with Gasteiger partial charge in [0.15, 0.2) is 0 Å². The molecule has 0 amide bonds. The fraction of sp³-hybridized carbons (Fsp3) is 0.956. The number of ether oxygens (including phenoxy) is 2. The summed E-state index contributed by atoms with van der Waals surface area (Å²) in [4.78, 5) is 27.1. The molecule has 0 aromatic heterocycles. The van der Waals surface area contributed by atoms with Crippen molar-refractivity contribution in [1.29, 1.82) is 0 Å². The molecule has 0 radical (unpaired) electrons. The number of aliphatic hydroxyl groups is 1. The molecule has 1 atom stereocenters. The second kappa shape index (κ2) is 40.1. The minimum atomic E-state index is -0.311. The van der Waals surface area contributed by atoms with Crippen LogP contribution >= 0.6 is 0 Å². The average Bonchev–Trinajstić information content (AvgIpc) is 3.10. The third-order valence-electron chi connectivity index (χ3n) is 10.3. The molecular weight excluding hydrogens is 634 g/mol. The van der Waals surface area contributed by atoms with Gasteiger partial charge in [-0.25, -0.2) is 0 Å². The van der Waals surface area contributed by atoms with Gasteiger partial charge in [-0.15, -0.1) is 0 Å². The van der Waals surface area contributed by atoms with Crippen molar-refractivity contribution in [1.82, 2.24) is 4.90 Å². The molecule has 0 aromatic carbocycles. The Balaban J connectivity index is 4.03. The van der Waals surface area contributed by atoms with Crippen LogP contribution in [0.2, 0.25) is 0 Å². The van der Waals surface area contributed by atoms with Crippen molar-refractivity contribution >= 4 is 11.9 Å². The Labute approximate surface area is 318 Å². The molecule has 0 aromatic rings. The summed E-state index contributed by atoms with van der Waals surface area (Å²) in [6.45, 7) is 12.0. The summed E-state index contributed by atoms with van der Waals surface area (Å²) >= 11 is 0. The van der Waals surface area contributed by atoms with Crippen molar-refractivity contribution < 1.29 is 24.2 Å². The average molecular weight is 724 g/mol. The highest BCUT2D eigenvalue weighted by molar-refractivity contribution is 5.69. The van der Waals surface area contributed by atoms with Crippen molar-refractivity contribution in [2.24, 2.45) is 0 Å². The lowest BCUT2D eigenvalue weighted by atomic mass is 10.0. The van der Waals surface area contributed by atoms with Crippen molar-refractivity contribution in [2.75, 3.05) is 26.2 Å². The van der Waals surface area contributed by atoms with Gasteiger partial charge >= 0.3 is 11.9 Å². The summed E-state index contributed by atoms with van der Waals surface area (Å²) in [6, 6.07) is 0. The summed E-state index contributed by atoms with van der Waals surface area (Å²) < 4.78 is 11.4. The summed E-state index contributed by atoms with van der Waals surface area (Å²) in [6.07, 6.45) is 37.9. The topological polar surface area (TPSA) is 76.1 Å². The van der Waals surface area contributed by atoms with Gasteiger partial charge < -0.3 is 19.5 Å². The van der Waals surface area contributed by atoms with Crippen molar-refractivity contribution in [3.63, 3.8) is 0 Å². The fourth-order valence-electron chi connectivity index (χ4n) is 7.07. The van der Waals surface area contributed by atoms with Crippen LogP contribution in [0, 0.1) is 0 Å². The zero-order valence-electron chi connectivity index (χ0n) is 34.8. The zero-order chi connectivity index (χ0) is 37.5. The summed E-state index contributed by atoms with van der Waals surface area (Å²) in [5, 5.41) is 10.0. The minimum absolute atomic E-state index is 0.0128. The first kappa shape index (κ1) is 49.9. The third-order valence-corrected chi connectivity index (χ3v) is 10.3. The second-order valence-corrected chi connectivity index (χ2v) is 15.8. The number of unbranched alkanes of at least 4 members (excludes halogenated alkanes) is 24. The lowest BCUT2D eigenvalue weighted by molar-refractivity contribution is -0.150. The number of esters is 2. The van der Waals surface area contributed by atoms with E-state index in [1.54, 1.807) is 0 Å². The van der Waals surface area contributed by atoms with Gasteiger partial charge in [0.2, 0.25) is 0 Å². The van der Waals surface area contributed by atoms with Crippen molar-refractivity contribution in [3.8, 4) is 0 Å². The summed E-state index contributed by atoms with van der Waals surface area (Å²) in [5.41, 5.74) is 0. The molecule has 51 heavy (non-hydrogen) atoms. The Morgan fingerprint density at radius 1 is 0.490 bits per heavy atom. The Morgan fingerprint density at radius 3 is 1.31 bits per heavy atom. The van der Waals surface area contributed by atoms with Gasteiger partial charge in [-0.05, 0) is 77.8 Å². The van der Waals surface area contributed by atoms with Crippen LogP contribution in [-0.2, 0) is 19.1 Å². The van der Waals surface area contributed by atoms with Gasteiger partial charge in [0.05, 0.1) is 12.7 Å². The molecule has 0 aliphatic heterocycles. The first-order valence-electron chi connectivity index (χ1n) is 22.7. The Morgan fingerprint density at radius 2 is 0.863 bits per heavy atom. The molecule has 0 heterocycles. The predicted molar refractivity (Wildman–Crippen MR) is 218 cm³/mol. The number of hydrogen-bond acceptors (Lipinski definition) is 6. The van der Waals surface area contributed by atoms with Gasteiger partial charge in [0, 0.05) is 19.4 Å². The van der Waals surface area contributed by atoms with E-state index in [2.05, 4.69) is 25.7 Å². The Bertz CT molecular complexity index is 713. The maximum atomic E-state index is 12.7. The summed E-state index contributed by atoms with van der Waals surface area (Å²) in [7, 11) is 0. The Kier molecular flexibility index (Phi) is 39.2. The van der Waals surface area contributed by atoms with Crippen LogP contribution in [0.5, 0.6) is 0 Å². The molecule has 0 spiro atoms. The maximum absolute atomic E-state index is 12.7. The predicted octanol–water partition coefficient (Wildman–Crippen LogP) is 13.1. The zero-order valence-corrected chi connectivity index (χ0v) is 34.8. The number of carbonyl (C=O) groups excluding carboxylic acids is 2. The molecule has 304 valence electrons. The molecule has 0 aliphatic rings. The van der Waals surface area contributed by atoms with E-state index in [1.165, 1.54) is 122 Å². The van der Waals surface area contributed by atoms with Crippen LogP contribution < -0.4 is 0 Å². The number of aliphatic hydroxyl groups excluding tert-OH is 1.